The van der Waals surface area contributed by atoms with Crippen molar-refractivity contribution in [3.05, 3.63) is 51.7 Å². The Bertz CT molecular complexity index is 982. The van der Waals surface area contributed by atoms with Crippen molar-refractivity contribution in [1.29, 1.82) is 0 Å². The van der Waals surface area contributed by atoms with E-state index in [-0.39, 0.29) is 10.9 Å². The molecule has 7 nitrogen and oxygen atoms in total. The highest BCUT2D eigenvalue weighted by molar-refractivity contribution is 8.00. The van der Waals surface area contributed by atoms with E-state index in [4.69, 9.17) is 40.6 Å². The number of rotatable bonds is 5. The van der Waals surface area contributed by atoms with E-state index in [1.165, 1.54) is 16.8 Å². The predicted octanol–water partition coefficient (Wildman–Crippen LogP) is 4.13. The van der Waals surface area contributed by atoms with Crippen LogP contribution in [0.2, 0.25) is 15.1 Å². The molecule has 0 aliphatic rings. The van der Waals surface area contributed by atoms with Crippen molar-refractivity contribution in [2.24, 2.45) is 0 Å². The number of carbonyl (C=O) groups is 1. The van der Waals surface area contributed by atoms with Crippen LogP contribution in [-0.2, 0) is 4.79 Å². The molecular weight excluding hydrogens is 431 g/mol. The largest absolute Gasteiger partial charge is 0.335 e. The van der Waals surface area contributed by atoms with Crippen LogP contribution in [0, 0.1) is 0 Å². The third kappa shape index (κ3) is 4.47. The van der Waals surface area contributed by atoms with Gasteiger partial charge >= 0.3 is 0 Å². The Morgan fingerprint density at radius 3 is 2.67 bits per heavy atom. The fraction of sp³-hybridized carbons (Fsp3) is 0.125. The number of aromatic nitrogens is 4. The molecule has 1 atom stereocenters. The molecule has 0 spiro atoms. The summed E-state index contributed by atoms with van der Waals surface area (Å²) in [5.74, 6) is 6.21. The van der Waals surface area contributed by atoms with Gasteiger partial charge < -0.3 is 11.2 Å². The lowest BCUT2D eigenvalue weighted by Crippen LogP contribution is -2.23. The number of nitrogens with one attached hydrogen (secondary N) is 1. The molecule has 2 heterocycles. The molecule has 0 aliphatic heterocycles. The second-order valence-corrected chi connectivity index (χ2v) is 7.94. The summed E-state index contributed by atoms with van der Waals surface area (Å²) in [4.78, 5) is 16.5. The van der Waals surface area contributed by atoms with Crippen molar-refractivity contribution >= 4 is 58.2 Å². The van der Waals surface area contributed by atoms with E-state index >= 15 is 0 Å². The summed E-state index contributed by atoms with van der Waals surface area (Å²) < 4.78 is 1.32. The zero-order valence-electron chi connectivity index (χ0n) is 13.9. The molecule has 1 amide bonds. The Morgan fingerprint density at radius 2 is 1.96 bits per heavy atom. The molecule has 3 N–H and O–H groups in total. The van der Waals surface area contributed by atoms with Crippen molar-refractivity contribution in [2.75, 3.05) is 11.2 Å². The van der Waals surface area contributed by atoms with Gasteiger partial charge in [-0.05, 0) is 31.2 Å². The highest BCUT2D eigenvalue weighted by Gasteiger charge is 2.21. The van der Waals surface area contributed by atoms with E-state index < -0.39 is 5.25 Å². The molecule has 1 aromatic carbocycles. The van der Waals surface area contributed by atoms with Crippen LogP contribution in [0.5, 0.6) is 0 Å². The number of nitrogens with two attached hydrogens (primary N) is 1. The van der Waals surface area contributed by atoms with Gasteiger partial charge in [-0.25, -0.2) is 4.68 Å². The van der Waals surface area contributed by atoms with Crippen LogP contribution in [0.4, 0.5) is 5.69 Å². The van der Waals surface area contributed by atoms with Crippen LogP contribution in [0.1, 0.15) is 6.92 Å². The standard InChI is InChI=1S/C16H13Cl3N6OS/c1-8(15(26)22-13-6-11(18)10(17)5-12(13)19)27-16-24-23-14(25(16)20)9-3-2-4-21-7-9/h2-8H,20H2,1H3,(H,22,26)/t8-/m1/s1. The van der Waals surface area contributed by atoms with Gasteiger partial charge in [-0.3, -0.25) is 9.78 Å². The van der Waals surface area contributed by atoms with Gasteiger partial charge in [0.2, 0.25) is 11.1 Å². The third-order valence-electron chi connectivity index (χ3n) is 3.50. The van der Waals surface area contributed by atoms with E-state index in [0.717, 1.165) is 17.3 Å². The number of nitrogen functional groups attached to an aromatic ring is 1. The minimum atomic E-state index is -0.524. The highest BCUT2D eigenvalue weighted by atomic mass is 35.5. The van der Waals surface area contributed by atoms with E-state index in [0.29, 0.717) is 26.7 Å². The average molecular weight is 444 g/mol. The van der Waals surface area contributed by atoms with Crippen molar-refractivity contribution in [3.8, 4) is 11.4 Å². The summed E-state index contributed by atoms with van der Waals surface area (Å²) in [6.07, 6.45) is 3.28. The summed E-state index contributed by atoms with van der Waals surface area (Å²) >= 11 is 19.1. The number of benzene rings is 1. The quantitative estimate of drug-likeness (QED) is 0.349. The highest BCUT2D eigenvalue weighted by Crippen LogP contribution is 2.33. The van der Waals surface area contributed by atoms with Gasteiger partial charge in [0.15, 0.2) is 5.82 Å². The molecule has 0 fully saturated rings. The molecule has 0 radical (unpaired) electrons. The van der Waals surface area contributed by atoms with Crippen molar-refractivity contribution < 1.29 is 4.79 Å². The van der Waals surface area contributed by atoms with Gasteiger partial charge in [-0.2, -0.15) is 0 Å². The SMILES string of the molecule is C[C@@H](Sc1nnc(-c2cccnc2)n1N)C(=O)Nc1cc(Cl)c(Cl)cc1Cl. The number of anilines is 1. The first-order chi connectivity index (χ1) is 12.9. The van der Waals surface area contributed by atoms with Crippen molar-refractivity contribution in [1.82, 2.24) is 19.9 Å². The topological polar surface area (TPSA) is 98.7 Å². The normalized spacial score (nSPS) is 12.0. The minimum Gasteiger partial charge on any atom is -0.335 e. The van der Waals surface area contributed by atoms with Crippen LogP contribution in [0.15, 0.2) is 41.8 Å². The number of carbonyl (C=O) groups excluding carboxylic acids is 1. The second-order valence-electron chi connectivity index (χ2n) is 5.41. The van der Waals surface area contributed by atoms with Crippen molar-refractivity contribution in [2.45, 2.75) is 17.3 Å². The predicted molar refractivity (Wildman–Crippen MR) is 109 cm³/mol. The van der Waals surface area contributed by atoms with Crippen LogP contribution in [0.25, 0.3) is 11.4 Å². The number of pyridine rings is 1. The third-order valence-corrected chi connectivity index (χ3v) is 5.60. The lowest BCUT2D eigenvalue weighted by Gasteiger charge is -2.13. The molecule has 0 bridgehead atoms. The summed E-state index contributed by atoms with van der Waals surface area (Å²) in [5.41, 5.74) is 1.09. The van der Waals surface area contributed by atoms with Gasteiger partial charge in [0, 0.05) is 18.0 Å². The second kappa shape index (κ2) is 8.35. The molecule has 140 valence electrons. The van der Waals surface area contributed by atoms with E-state index in [1.807, 2.05) is 6.07 Å². The first-order valence-corrected chi connectivity index (χ1v) is 9.61. The molecule has 0 saturated carbocycles. The van der Waals surface area contributed by atoms with Gasteiger partial charge in [0.1, 0.15) is 0 Å². The fourth-order valence-electron chi connectivity index (χ4n) is 2.11. The van der Waals surface area contributed by atoms with Crippen LogP contribution in [-0.4, -0.2) is 31.0 Å². The van der Waals surface area contributed by atoms with E-state index in [9.17, 15) is 4.79 Å². The number of hydrogen-bond acceptors (Lipinski definition) is 6. The molecule has 3 aromatic rings. The number of nitrogens with zero attached hydrogens (tertiary/aromatic N) is 4. The van der Waals surface area contributed by atoms with Gasteiger partial charge in [0.05, 0.1) is 26.0 Å². The van der Waals surface area contributed by atoms with Gasteiger partial charge in [-0.1, -0.05) is 46.6 Å². The average Bonchev–Trinajstić information content (AvgIpc) is 3.00. The molecule has 27 heavy (non-hydrogen) atoms. The first-order valence-electron chi connectivity index (χ1n) is 7.59. The van der Waals surface area contributed by atoms with Crippen LogP contribution in [0.3, 0.4) is 0 Å². The lowest BCUT2D eigenvalue weighted by atomic mass is 10.3. The molecule has 11 heteroatoms. The van der Waals surface area contributed by atoms with E-state index in [2.05, 4.69) is 20.5 Å². The summed E-state index contributed by atoms with van der Waals surface area (Å²) in [7, 11) is 0. The number of amides is 1. The Hall–Kier alpha value is -2.00. The molecule has 3 rings (SSSR count). The maximum atomic E-state index is 12.5. The summed E-state index contributed by atoms with van der Waals surface area (Å²) in [5, 5.41) is 11.6. The zero-order chi connectivity index (χ0) is 19.6. The summed E-state index contributed by atoms with van der Waals surface area (Å²) in [6.45, 7) is 1.71. The molecule has 0 aliphatic carbocycles. The van der Waals surface area contributed by atoms with Gasteiger partial charge in [0.25, 0.3) is 0 Å². The molecular formula is C16H13Cl3N6OS. The summed E-state index contributed by atoms with van der Waals surface area (Å²) in [6, 6.07) is 6.55. The number of halogens is 3. The minimum absolute atomic E-state index is 0.288. The van der Waals surface area contributed by atoms with Gasteiger partial charge in [-0.15, -0.1) is 10.2 Å². The van der Waals surface area contributed by atoms with Crippen LogP contribution < -0.4 is 11.2 Å². The Kier molecular flexibility index (Phi) is 6.11. The monoisotopic (exact) mass is 442 g/mol. The zero-order valence-corrected chi connectivity index (χ0v) is 16.9. The molecule has 0 unspecified atom stereocenters. The molecule has 2 aromatic heterocycles. The smallest absolute Gasteiger partial charge is 0.237 e. The van der Waals surface area contributed by atoms with E-state index in [1.54, 1.807) is 25.4 Å². The molecule has 0 saturated heterocycles. The number of hydrogen-bond donors (Lipinski definition) is 2. The Labute approximate surface area is 174 Å². The Morgan fingerprint density at radius 1 is 1.22 bits per heavy atom. The lowest BCUT2D eigenvalue weighted by molar-refractivity contribution is -0.115. The van der Waals surface area contributed by atoms with Crippen molar-refractivity contribution in [3.63, 3.8) is 0 Å². The fourth-order valence-corrected chi connectivity index (χ4v) is 3.48. The van der Waals surface area contributed by atoms with Crippen LogP contribution >= 0.6 is 46.6 Å². The number of thioether (sulfide) groups is 1. The first kappa shape index (κ1) is 19.8. The maximum Gasteiger partial charge on any atom is 0.237 e. The maximum absolute atomic E-state index is 12.5. The Balaban J connectivity index is 1.72.